The molecular weight excluding hydrogens is 442 g/mol. The van der Waals surface area contributed by atoms with Crippen molar-refractivity contribution in [3.8, 4) is 16.3 Å². The summed E-state index contributed by atoms with van der Waals surface area (Å²) in [4.78, 5) is 35.8. The number of aliphatic hydroxyl groups is 1. The second-order valence-electron chi connectivity index (χ2n) is 9.09. The second-order valence-corrected chi connectivity index (χ2v) is 10.1. The Balaban J connectivity index is 1.83. The van der Waals surface area contributed by atoms with Gasteiger partial charge in [0.25, 0.3) is 11.5 Å². The van der Waals surface area contributed by atoms with Crippen molar-refractivity contribution in [3.05, 3.63) is 33.3 Å². The van der Waals surface area contributed by atoms with Crippen molar-refractivity contribution in [2.75, 3.05) is 26.7 Å². The molecule has 178 valence electrons. The Morgan fingerprint density at radius 2 is 2.18 bits per heavy atom. The summed E-state index contributed by atoms with van der Waals surface area (Å²) in [6, 6.07) is 2.00. The van der Waals surface area contributed by atoms with E-state index in [2.05, 4.69) is 27.2 Å². The van der Waals surface area contributed by atoms with E-state index in [0.717, 1.165) is 29.8 Å². The number of likely N-dealkylation sites (N-methyl/N-ethyl adjacent to an activating group) is 1. The predicted octanol–water partition coefficient (Wildman–Crippen LogP) is 2.44. The summed E-state index contributed by atoms with van der Waals surface area (Å²) in [5.41, 5.74) is 0.0119. The number of carbonyl (C=O) groups is 1. The minimum atomic E-state index is -1.14. The van der Waals surface area contributed by atoms with E-state index in [4.69, 9.17) is 4.74 Å². The van der Waals surface area contributed by atoms with Gasteiger partial charge in [0, 0.05) is 36.8 Å². The fourth-order valence-corrected chi connectivity index (χ4v) is 5.13. The third-order valence-corrected chi connectivity index (χ3v) is 7.38. The number of rotatable bonds is 7. The number of aromatic nitrogens is 3. The van der Waals surface area contributed by atoms with Crippen LogP contribution < -0.4 is 15.6 Å². The Labute approximate surface area is 196 Å². The quantitative estimate of drug-likeness (QED) is 0.486. The molecule has 1 unspecified atom stereocenters. The van der Waals surface area contributed by atoms with Gasteiger partial charge in [-0.05, 0) is 53.3 Å². The molecule has 0 spiro atoms. The molecule has 0 saturated carbocycles. The van der Waals surface area contributed by atoms with Gasteiger partial charge in [0.2, 0.25) is 5.88 Å². The molecule has 4 heterocycles. The number of hydrogen-bond donors (Lipinski definition) is 3. The molecule has 3 aromatic heterocycles. The summed E-state index contributed by atoms with van der Waals surface area (Å²) in [7, 11) is 3.76. The number of amides is 1. The number of hydrogen-bond acceptors (Lipinski definition) is 7. The van der Waals surface area contributed by atoms with E-state index in [1.165, 1.54) is 15.9 Å². The van der Waals surface area contributed by atoms with Gasteiger partial charge in [-0.15, -0.1) is 11.3 Å². The Kier molecular flexibility index (Phi) is 6.35. The zero-order chi connectivity index (χ0) is 23.9. The number of pyridine rings is 1. The van der Waals surface area contributed by atoms with Gasteiger partial charge in [0.15, 0.2) is 0 Å². The van der Waals surface area contributed by atoms with Crippen LogP contribution in [0.3, 0.4) is 0 Å². The van der Waals surface area contributed by atoms with E-state index in [0.29, 0.717) is 46.7 Å². The van der Waals surface area contributed by atoms with Crippen LogP contribution in [0.5, 0.6) is 5.88 Å². The van der Waals surface area contributed by atoms with Crippen molar-refractivity contribution in [1.29, 1.82) is 0 Å². The Morgan fingerprint density at radius 3 is 2.82 bits per heavy atom. The Hall–Kier alpha value is -2.69. The summed E-state index contributed by atoms with van der Waals surface area (Å²) >= 11 is 1.33. The van der Waals surface area contributed by atoms with Crippen LogP contribution in [-0.4, -0.2) is 63.2 Å². The van der Waals surface area contributed by atoms with Gasteiger partial charge in [0.1, 0.15) is 33.3 Å². The zero-order valence-electron chi connectivity index (χ0n) is 19.7. The summed E-state index contributed by atoms with van der Waals surface area (Å²) in [5.74, 6) is 0.155. The molecule has 10 heteroatoms. The summed E-state index contributed by atoms with van der Waals surface area (Å²) in [6.45, 7) is 7.22. The fraction of sp³-hybridized carbons (Fsp3) is 0.522. The lowest BCUT2D eigenvalue weighted by Gasteiger charge is -2.19. The van der Waals surface area contributed by atoms with E-state index in [9.17, 15) is 14.7 Å². The van der Waals surface area contributed by atoms with Gasteiger partial charge in [0.05, 0.1) is 0 Å². The maximum absolute atomic E-state index is 12.8. The van der Waals surface area contributed by atoms with Crippen molar-refractivity contribution in [1.82, 2.24) is 24.8 Å². The van der Waals surface area contributed by atoms with Crippen LogP contribution in [0.4, 0.5) is 0 Å². The first-order valence-corrected chi connectivity index (χ1v) is 12.0. The summed E-state index contributed by atoms with van der Waals surface area (Å²) in [6.07, 6.45) is 3.93. The molecule has 4 rings (SSSR count). The highest BCUT2D eigenvalue weighted by atomic mass is 32.1. The maximum atomic E-state index is 12.8. The lowest BCUT2D eigenvalue weighted by Crippen LogP contribution is -2.30. The van der Waals surface area contributed by atoms with Crippen LogP contribution in [0.25, 0.3) is 21.3 Å². The number of likely N-dealkylation sites (tertiary alicyclic amines) is 1. The first-order chi connectivity index (χ1) is 15.6. The number of H-pyrrole nitrogens is 1. The monoisotopic (exact) mass is 473 g/mol. The number of thiazole rings is 1. The molecule has 1 amide bonds. The molecule has 0 aromatic carbocycles. The van der Waals surface area contributed by atoms with E-state index in [1.54, 1.807) is 33.2 Å². The molecule has 3 aromatic rings. The minimum Gasteiger partial charge on any atom is -0.475 e. The smallest absolute Gasteiger partial charge is 0.274 e. The van der Waals surface area contributed by atoms with Crippen molar-refractivity contribution in [2.45, 2.75) is 45.3 Å². The normalized spacial score (nSPS) is 17.1. The highest BCUT2D eigenvalue weighted by molar-refractivity contribution is 7.15. The van der Waals surface area contributed by atoms with Gasteiger partial charge in [-0.1, -0.05) is 0 Å². The molecule has 0 aliphatic carbocycles. The van der Waals surface area contributed by atoms with Crippen LogP contribution in [0.1, 0.15) is 49.1 Å². The molecule has 9 nitrogen and oxygen atoms in total. The van der Waals surface area contributed by atoms with E-state index < -0.39 is 5.60 Å². The third-order valence-electron chi connectivity index (χ3n) is 5.99. The van der Waals surface area contributed by atoms with Crippen LogP contribution in [0, 0.1) is 0 Å². The standard InChI is InChI=1S/C23H31N5O4S/c1-6-24-19(29)16-10-14-15(11-28(5)21(30)17(14)25-16)18-20(26-22(33-18)23(2,3)31)32-12-13-8-7-9-27(13)4/h10-11,13,25,31H,6-9,12H2,1-5H3,(H,24,29). The molecule has 1 atom stereocenters. The van der Waals surface area contributed by atoms with Gasteiger partial charge < -0.3 is 29.6 Å². The van der Waals surface area contributed by atoms with Gasteiger partial charge in [-0.2, -0.15) is 0 Å². The number of ether oxygens (including phenoxy) is 1. The van der Waals surface area contributed by atoms with Crippen LogP contribution in [-0.2, 0) is 12.6 Å². The molecule has 3 N–H and O–H groups in total. The fourth-order valence-electron chi connectivity index (χ4n) is 4.09. The number of aromatic amines is 1. The van der Waals surface area contributed by atoms with Crippen molar-refractivity contribution in [2.24, 2.45) is 7.05 Å². The van der Waals surface area contributed by atoms with Crippen molar-refractivity contribution >= 4 is 28.1 Å². The first-order valence-electron chi connectivity index (χ1n) is 11.2. The van der Waals surface area contributed by atoms with Crippen LogP contribution >= 0.6 is 11.3 Å². The average Bonchev–Trinajstić information content (AvgIpc) is 3.47. The van der Waals surface area contributed by atoms with E-state index in [1.807, 2.05) is 6.92 Å². The SMILES string of the molecule is CCNC(=O)c1cc2c(-c3sc(C(C)(C)O)nc3OCC3CCCN3C)cn(C)c(=O)c2[nH]1. The number of fused-ring (bicyclic) bond motifs is 1. The van der Waals surface area contributed by atoms with E-state index >= 15 is 0 Å². The summed E-state index contributed by atoms with van der Waals surface area (Å²) < 4.78 is 7.68. The highest BCUT2D eigenvalue weighted by Gasteiger charge is 2.28. The van der Waals surface area contributed by atoms with E-state index in [-0.39, 0.29) is 11.5 Å². The number of aryl methyl sites for hydroxylation is 1. The Bertz CT molecular complexity index is 1240. The lowest BCUT2D eigenvalue weighted by molar-refractivity contribution is 0.0773. The Morgan fingerprint density at radius 1 is 1.42 bits per heavy atom. The second kappa shape index (κ2) is 8.92. The average molecular weight is 474 g/mol. The van der Waals surface area contributed by atoms with Crippen LogP contribution in [0.2, 0.25) is 0 Å². The largest absolute Gasteiger partial charge is 0.475 e. The predicted molar refractivity (Wildman–Crippen MR) is 129 cm³/mol. The molecule has 33 heavy (non-hydrogen) atoms. The number of carbonyl (C=O) groups excluding carboxylic acids is 1. The summed E-state index contributed by atoms with van der Waals surface area (Å²) in [5, 5.41) is 14.5. The molecule has 0 radical (unpaired) electrons. The van der Waals surface area contributed by atoms with Crippen molar-refractivity contribution < 1.29 is 14.6 Å². The molecule has 1 saturated heterocycles. The number of nitrogens with one attached hydrogen (secondary N) is 2. The van der Waals surface area contributed by atoms with Gasteiger partial charge in [-0.3, -0.25) is 9.59 Å². The molecule has 1 aliphatic heterocycles. The maximum Gasteiger partial charge on any atom is 0.274 e. The minimum absolute atomic E-state index is 0.230. The topological polar surface area (TPSA) is 112 Å². The molecular formula is C23H31N5O4S. The zero-order valence-corrected chi connectivity index (χ0v) is 20.5. The van der Waals surface area contributed by atoms with Gasteiger partial charge >= 0.3 is 0 Å². The van der Waals surface area contributed by atoms with Gasteiger partial charge in [-0.25, -0.2) is 4.98 Å². The van der Waals surface area contributed by atoms with Crippen LogP contribution in [0.15, 0.2) is 17.1 Å². The molecule has 0 bridgehead atoms. The number of nitrogens with zero attached hydrogens (tertiary/aromatic N) is 3. The third kappa shape index (κ3) is 4.55. The molecule has 1 fully saturated rings. The molecule has 1 aliphatic rings. The highest BCUT2D eigenvalue weighted by Crippen LogP contribution is 2.42. The van der Waals surface area contributed by atoms with Crippen molar-refractivity contribution in [3.63, 3.8) is 0 Å². The first kappa shape index (κ1) is 23.5. The lowest BCUT2D eigenvalue weighted by atomic mass is 10.1.